The van der Waals surface area contributed by atoms with E-state index in [4.69, 9.17) is 14.7 Å². The molecular formula is C26H23N3O2S. The second kappa shape index (κ2) is 8.13. The van der Waals surface area contributed by atoms with E-state index >= 15 is 0 Å². The lowest BCUT2D eigenvalue weighted by atomic mass is 10.0. The number of ether oxygens (including phenoxy) is 1. The van der Waals surface area contributed by atoms with Gasteiger partial charge in [0.15, 0.2) is 0 Å². The molecule has 0 radical (unpaired) electrons. The Bertz CT molecular complexity index is 1440. The van der Waals surface area contributed by atoms with Gasteiger partial charge in [-0.3, -0.25) is 0 Å². The van der Waals surface area contributed by atoms with Crippen molar-refractivity contribution in [2.75, 3.05) is 11.9 Å². The maximum absolute atomic E-state index is 10.3. The number of fused-ring (bicyclic) bond motifs is 2. The van der Waals surface area contributed by atoms with Gasteiger partial charge in [0, 0.05) is 26.9 Å². The van der Waals surface area contributed by atoms with Gasteiger partial charge in [-0.15, -0.1) is 11.3 Å². The zero-order valence-electron chi connectivity index (χ0n) is 18.1. The molecule has 0 aliphatic carbocycles. The van der Waals surface area contributed by atoms with Crippen molar-refractivity contribution in [2.24, 2.45) is 0 Å². The first-order valence-electron chi connectivity index (χ1n) is 10.5. The van der Waals surface area contributed by atoms with Crippen LogP contribution in [0.1, 0.15) is 17.6 Å². The molecular weight excluding hydrogens is 418 g/mol. The Morgan fingerprint density at radius 3 is 2.47 bits per heavy atom. The molecule has 2 heterocycles. The number of hydrogen-bond acceptors (Lipinski definition) is 6. The maximum Gasteiger partial charge on any atom is 0.143 e. The van der Waals surface area contributed by atoms with Crippen molar-refractivity contribution in [1.29, 1.82) is 0 Å². The van der Waals surface area contributed by atoms with Crippen LogP contribution in [0.15, 0.2) is 60.7 Å². The topological polar surface area (TPSA) is 67.3 Å². The monoisotopic (exact) mass is 441 g/mol. The first kappa shape index (κ1) is 20.3. The van der Waals surface area contributed by atoms with Crippen LogP contribution >= 0.6 is 11.3 Å². The van der Waals surface area contributed by atoms with E-state index in [0.29, 0.717) is 12.4 Å². The van der Waals surface area contributed by atoms with Gasteiger partial charge in [0.2, 0.25) is 0 Å². The minimum atomic E-state index is 0.261. The number of thiophene rings is 1. The summed E-state index contributed by atoms with van der Waals surface area (Å²) in [4.78, 5) is 11.6. The second-order valence-corrected chi connectivity index (χ2v) is 8.80. The third kappa shape index (κ3) is 3.52. The van der Waals surface area contributed by atoms with Crippen LogP contribution in [-0.4, -0.2) is 21.7 Å². The minimum absolute atomic E-state index is 0.261. The molecule has 5 aromatic rings. The van der Waals surface area contributed by atoms with Crippen molar-refractivity contribution in [3.63, 3.8) is 0 Å². The highest BCUT2D eigenvalue weighted by atomic mass is 32.1. The predicted octanol–water partition coefficient (Wildman–Crippen LogP) is 6.98. The van der Waals surface area contributed by atoms with Gasteiger partial charge in [-0.05, 0) is 50.6 Å². The molecule has 0 saturated heterocycles. The highest BCUT2D eigenvalue weighted by Crippen LogP contribution is 2.42. The summed E-state index contributed by atoms with van der Waals surface area (Å²) in [5, 5.41) is 16.5. The van der Waals surface area contributed by atoms with Gasteiger partial charge in [0.1, 0.15) is 28.0 Å². The Balaban J connectivity index is 1.68. The molecule has 0 fully saturated rings. The van der Waals surface area contributed by atoms with Crippen molar-refractivity contribution in [3.8, 4) is 22.6 Å². The van der Waals surface area contributed by atoms with Gasteiger partial charge in [0.25, 0.3) is 0 Å². The summed E-state index contributed by atoms with van der Waals surface area (Å²) in [6, 6.07) is 19.6. The molecule has 5 rings (SSSR count). The highest BCUT2D eigenvalue weighted by Gasteiger charge is 2.19. The van der Waals surface area contributed by atoms with Gasteiger partial charge in [-0.1, -0.05) is 36.4 Å². The van der Waals surface area contributed by atoms with Crippen LogP contribution in [0.25, 0.3) is 32.1 Å². The molecule has 0 amide bonds. The lowest BCUT2D eigenvalue weighted by Gasteiger charge is -2.13. The van der Waals surface area contributed by atoms with Crippen LogP contribution in [0.5, 0.6) is 11.5 Å². The number of nitrogens with zero attached hydrogens (tertiary/aromatic N) is 2. The van der Waals surface area contributed by atoms with Crippen LogP contribution in [0.4, 0.5) is 11.5 Å². The van der Waals surface area contributed by atoms with Gasteiger partial charge >= 0.3 is 0 Å². The van der Waals surface area contributed by atoms with Crippen molar-refractivity contribution in [2.45, 2.75) is 20.8 Å². The van der Waals surface area contributed by atoms with E-state index in [9.17, 15) is 5.11 Å². The summed E-state index contributed by atoms with van der Waals surface area (Å²) in [7, 11) is 0. The molecule has 0 unspecified atom stereocenters. The normalized spacial score (nSPS) is 11.2. The van der Waals surface area contributed by atoms with E-state index in [1.165, 1.54) is 4.88 Å². The molecule has 3 aromatic carbocycles. The largest absolute Gasteiger partial charge is 0.507 e. The number of benzene rings is 3. The summed E-state index contributed by atoms with van der Waals surface area (Å²) in [6.45, 7) is 6.65. The molecule has 0 aliphatic heterocycles. The Hall–Kier alpha value is -3.64. The standard InChI is InChI=1S/C26H23N3O2S/c1-4-31-18-13-11-17(12-14-18)23-15(2)32-26-24(23)25(27-16(3)28-26)29-21-9-5-8-20-19(21)7-6-10-22(20)30/h5-14,30H,4H2,1-3H3,(H,27,28,29). The van der Waals surface area contributed by atoms with E-state index in [0.717, 1.165) is 49.4 Å². The van der Waals surface area contributed by atoms with Crippen LogP contribution < -0.4 is 10.1 Å². The van der Waals surface area contributed by atoms with Gasteiger partial charge in [-0.2, -0.15) is 0 Å². The SMILES string of the molecule is CCOc1ccc(-c2c(C)sc3nc(C)nc(Nc4cccc5c(O)cccc45)c23)cc1. The van der Waals surface area contributed by atoms with E-state index < -0.39 is 0 Å². The minimum Gasteiger partial charge on any atom is -0.507 e. The zero-order chi connectivity index (χ0) is 22.2. The predicted molar refractivity (Wildman–Crippen MR) is 132 cm³/mol. The summed E-state index contributed by atoms with van der Waals surface area (Å²) >= 11 is 1.67. The van der Waals surface area contributed by atoms with Crippen molar-refractivity contribution < 1.29 is 9.84 Å². The number of aryl methyl sites for hydroxylation is 2. The van der Waals surface area contributed by atoms with Crippen molar-refractivity contribution >= 4 is 43.8 Å². The Morgan fingerprint density at radius 1 is 0.938 bits per heavy atom. The first-order valence-corrected chi connectivity index (χ1v) is 11.4. The Morgan fingerprint density at radius 2 is 1.69 bits per heavy atom. The molecule has 0 bridgehead atoms. The molecule has 5 nitrogen and oxygen atoms in total. The average Bonchev–Trinajstić information content (AvgIpc) is 3.11. The maximum atomic E-state index is 10.3. The number of aromatic nitrogens is 2. The third-order valence-corrected chi connectivity index (χ3v) is 6.44. The molecule has 32 heavy (non-hydrogen) atoms. The van der Waals surface area contributed by atoms with E-state index in [1.54, 1.807) is 17.4 Å². The molecule has 0 atom stereocenters. The smallest absolute Gasteiger partial charge is 0.143 e. The van der Waals surface area contributed by atoms with Crippen molar-refractivity contribution in [1.82, 2.24) is 9.97 Å². The molecule has 160 valence electrons. The number of aromatic hydroxyl groups is 1. The van der Waals surface area contributed by atoms with Gasteiger partial charge in [0.05, 0.1) is 12.0 Å². The first-order chi connectivity index (χ1) is 15.5. The van der Waals surface area contributed by atoms with Crippen molar-refractivity contribution in [3.05, 3.63) is 71.4 Å². The molecule has 0 aliphatic rings. The Labute approximate surface area is 190 Å². The summed E-state index contributed by atoms with van der Waals surface area (Å²) in [6.07, 6.45) is 0. The fourth-order valence-electron chi connectivity index (χ4n) is 4.07. The van der Waals surface area contributed by atoms with Crippen LogP contribution in [0.3, 0.4) is 0 Å². The summed E-state index contributed by atoms with van der Waals surface area (Å²) < 4.78 is 5.61. The second-order valence-electron chi connectivity index (χ2n) is 7.59. The third-order valence-electron chi connectivity index (χ3n) is 5.45. The molecule has 6 heteroatoms. The summed E-state index contributed by atoms with van der Waals surface area (Å²) in [5.74, 6) is 2.59. The molecule has 0 spiro atoms. The number of rotatable bonds is 5. The fraction of sp³-hybridized carbons (Fsp3) is 0.154. The van der Waals surface area contributed by atoms with E-state index in [-0.39, 0.29) is 5.75 Å². The Kier molecular flexibility index (Phi) is 5.15. The lowest BCUT2D eigenvalue weighted by Crippen LogP contribution is -1.99. The van der Waals surface area contributed by atoms with Crippen LogP contribution in [-0.2, 0) is 0 Å². The molecule has 2 N–H and O–H groups in total. The van der Waals surface area contributed by atoms with Gasteiger partial charge in [-0.25, -0.2) is 9.97 Å². The summed E-state index contributed by atoms with van der Waals surface area (Å²) in [5.41, 5.74) is 3.11. The lowest BCUT2D eigenvalue weighted by molar-refractivity contribution is 0.340. The highest BCUT2D eigenvalue weighted by molar-refractivity contribution is 7.19. The number of phenolic OH excluding ortho intramolecular Hbond substituents is 1. The fourth-order valence-corrected chi connectivity index (χ4v) is 5.16. The van der Waals surface area contributed by atoms with Crippen LogP contribution in [0, 0.1) is 13.8 Å². The van der Waals surface area contributed by atoms with Gasteiger partial charge < -0.3 is 15.2 Å². The number of anilines is 2. The molecule has 2 aromatic heterocycles. The molecule has 0 saturated carbocycles. The quantitative estimate of drug-likeness (QED) is 0.308. The number of hydrogen-bond donors (Lipinski definition) is 2. The van der Waals surface area contributed by atoms with Crippen LogP contribution in [0.2, 0.25) is 0 Å². The van der Waals surface area contributed by atoms with E-state index in [2.05, 4.69) is 24.4 Å². The number of nitrogens with one attached hydrogen (secondary N) is 1. The zero-order valence-corrected chi connectivity index (χ0v) is 19.0. The van der Waals surface area contributed by atoms with E-state index in [1.807, 2.05) is 56.3 Å². The number of phenols is 1. The average molecular weight is 442 g/mol.